The third-order valence-corrected chi connectivity index (χ3v) is 3.23. The van der Waals surface area contributed by atoms with Crippen LogP contribution in [0.1, 0.15) is 15.9 Å². The first-order chi connectivity index (χ1) is 11.0. The third-order valence-electron chi connectivity index (χ3n) is 3.03. The van der Waals surface area contributed by atoms with Gasteiger partial charge in [-0.2, -0.15) is 0 Å². The summed E-state index contributed by atoms with van der Waals surface area (Å²) in [4.78, 5) is 27.7. The summed E-state index contributed by atoms with van der Waals surface area (Å²) < 4.78 is 5.19. The number of pyridine rings is 1. The quantitative estimate of drug-likeness (QED) is 0.823. The molecule has 0 aliphatic rings. The summed E-state index contributed by atoms with van der Waals surface area (Å²) in [5.41, 5.74) is 1.88. The van der Waals surface area contributed by atoms with Gasteiger partial charge in [0.05, 0.1) is 19.3 Å². The maximum atomic E-state index is 12.0. The number of hydrogen-bond donors (Lipinski definition) is 2. The number of carbonyl (C=O) groups excluding carboxylic acids is 2. The minimum atomic E-state index is -0.402. The Bertz CT molecular complexity index is 734. The Hall–Kier alpha value is -2.60. The molecule has 0 unspecified atom stereocenters. The number of nitrogens with zero attached hydrogens (tertiary/aromatic N) is 1. The van der Waals surface area contributed by atoms with E-state index in [-0.39, 0.29) is 17.6 Å². The van der Waals surface area contributed by atoms with Crippen LogP contribution in [0.15, 0.2) is 36.5 Å². The van der Waals surface area contributed by atoms with Crippen LogP contribution in [0.3, 0.4) is 0 Å². The summed E-state index contributed by atoms with van der Waals surface area (Å²) in [6, 6.07) is 8.38. The van der Waals surface area contributed by atoms with E-state index in [1.54, 1.807) is 12.1 Å². The summed E-state index contributed by atoms with van der Waals surface area (Å²) in [5, 5.41) is 5.44. The summed E-state index contributed by atoms with van der Waals surface area (Å²) in [7, 11) is 1.52. The van der Waals surface area contributed by atoms with Crippen molar-refractivity contribution in [1.29, 1.82) is 0 Å². The Morgan fingerprint density at radius 1 is 1.26 bits per heavy atom. The molecule has 0 spiro atoms. The Kier molecular flexibility index (Phi) is 5.54. The fourth-order valence-corrected chi connectivity index (χ4v) is 2.09. The number of ether oxygens (including phenoxy) is 1. The van der Waals surface area contributed by atoms with Gasteiger partial charge in [-0.1, -0.05) is 17.7 Å². The molecular formula is C16H16ClN3O3. The van der Waals surface area contributed by atoms with E-state index in [1.165, 1.54) is 25.4 Å². The van der Waals surface area contributed by atoms with E-state index in [9.17, 15) is 9.59 Å². The van der Waals surface area contributed by atoms with E-state index >= 15 is 0 Å². The van der Waals surface area contributed by atoms with Crippen molar-refractivity contribution in [2.24, 2.45) is 0 Å². The second-order valence-electron chi connectivity index (χ2n) is 4.80. The molecule has 6 nitrogen and oxygen atoms in total. The van der Waals surface area contributed by atoms with Crippen molar-refractivity contribution >= 4 is 29.1 Å². The monoisotopic (exact) mass is 333 g/mol. The molecule has 1 aromatic carbocycles. The fraction of sp³-hybridized carbons (Fsp3) is 0.188. The van der Waals surface area contributed by atoms with E-state index in [0.717, 1.165) is 5.56 Å². The lowest BCUT2D eigenvalue weighted by atomic mass is 10.2. The molecule has 0 aliphatic heterocycles. The van der Waals surface area contributed by atoms with Crippen LogP contribution in [0.5, 0.6) is 5.75 Å². The Labute approximate surface area is 138 Å². The molecule has 0 saturated heterocycles. The first kappa shape index (κ1) is 16.8. The van der Waals surface area contributed by atoms with Crippen LogP contribution in [0.2, 0.25) is 5.15 Å². The second-order valence-corrected chi connectivity index (χ2v) is 5.19. The average Bonchev–Trinajstić information content (AvgIpc) is 2.53. The van der Waals surface area contributed by atoms with Crippen molar-refractivity contribution in [2.75, 3.05) is 19.0 Å². The highest BCUT2D eigenvalue weighted by Gasteiger charge is 2.11. The van der Waals surface area contributed by atoms with Gasteiger partial charge in [0.25, 0.3) is 5.91 Å². The lowest BCUT2D eigenvalue weighted by Crippen LogP contribution is -2.33. The van der Waals surface area contributed by atoms with E-state index < -0.39 is 5.91 Å². The van der Waals surface area contributed by atoms with Gasteiger partial charge in [0, 0.05) is 11.8 Å². The lowest BCUT2D eigenvalue weighted by molar-refractivity contribution is -0.115. The molecule has 2 amide bonds. The minimum absolute atomic E-state index is 0.171. The highest BCUT2D eigenvalue weighted by atomic mass is 35.5. The predicted molar refractivity (Wildman–Crippen MR) is 87.9 cm³/mol. The number of hydrogen-bond acceptors (Lipinski definition) is 4. The Balaban J connectivity index is 1.95. The van der Waals surface area contributed by atoms with E-state index in [2.05, 4.69) is 15.6 Å². The van der Waals surface area contributed by atoms with Crippen LogP contribution in [-0.2, 0) is 4.79 Å². The first-order valence-corrected chi connectivity index (χ1v) is 7.21. The molecule has 0 radical (unpaired) electrons. The van der Waals surface area contributed by atoms with Gasteiger partial charge < -0.3 is 15.4 Å². The number of aryl methyl sites for hydroxylation is 1. The van der Waals surface area contributed by atoms with Gasteiger partial charge in [-0.25, -0.2) is 4.98 Å². The number of anilines is 1. The summed E-state index contributed by atoms with van der Waals surface area (Å²) in [6.07, 6.45) is 1.43. The van der Waals surface area contributed by atoms with Crippen molar-refractivity contribution in [1.82, 2.24) is 10.3 Å². The number of aromatic nitrogens is 1. The zero-order valence-electron chi connectivity index (χ0n) is 12.7. The molecule has 2 aromatic rings. The minimum Gasteiger partial charge on any atom is -0.495 e. The number of halogens is 1. The average molecular weight is 334 g/mol. The number of nitrogens with one attached hydrogen (secondary N) is 2. The van der Waals surface area contributed by atoms with Gasteiger partial charge in [-0.15, -0.1) is 0 Å². The van der Waals surface area contributed by atoms with Gasteiger partial charge in [0.15, 0.2) is 0 Å². The molecule has 2 N–H and O–H groups in total. The molecule has 1 aromatic heterocycles. The van der Waals surface area contributed by atoms with Crippen molar-refractivity contribution in [3.63, 3.8) is 0 Å². The molecule has 7 heteroatoms. The zero-order chi connectivity index (χ0) is 16.8. The third kappa shape index (κ3) is 4.69. The van der Waals surface area contributed by atoms with Crippen LogP contribution >= 0.6 is 11.6 Å². The number of benzene rings is 1. The maximum Gasteiger partial charge on any atom is 0.251 e. The van der Waals surface area contributed by atoms with E-state index in [4.69, 9.17) is 16.3 Å². The number of rotatable bonds is 5. The van der Waals surface area contributed by atoms with Gasteiger partial charge >= 0.3 is 0 Å². The van der Waals surface area contributed by atoms with Crippen molar-refractivity contribution < 1.29 is 14.3 Å². The molecular weight excluding hydrogens is 318 g/mol. The zero-order valence-corrected chi connectivity index (χ0v) is 13.5. The summed E-state index contributed by atoms with van der Waals surface area (Å²) >= 11 is 5.72. The Morgan fingerprint density at radius 3 is 2.74 bits per heavy atom. The molecule has 0 atom stereocenters. The number of carbonyl (C=O) groups is 2. The predicted octanol–water partition coefficient (Wildman–Crippen LogP) is 2.42. The topological polar surface area (TPSA) is 80.3 Å². The Morgan fingerprint density at radius 2 is 2.04 bits per heavy atom. The van der Waals surface area contributed by atoms with Crippen LogP contribution in [-0.4, -0.2) is 30.5 Å². The van der Waals surface area contributed by atoms with Gasteiger partial charge in [0.2, 0.25) is 5.91 Å². The van der Waals surface area contributed by atoms with Crippen LogP contribution in [0, 0.1) is 6.92 Å². The smallest absolute Gasteiger partial charge is 0.251 e. The SMILES string of the molecule is COc1ccc(C)cc1NC(=O)CNC(=O)c1ccnc(Cl)c1. The van der Waals surface area contributed by atoms with Crippen LogP contribution in [0.4, 0.5) is 5.69 Å². The molecule has 120 valence electrons. The van der Waals surface area contributed by atoms with Crippen LogP contribution in [0.25, 0.3) is 0 Å². The maximum absolute atomic E-state index is 12.0. The molecule has 2 rings (SSSR count). The van der Waals surface area contributed by atoms with Crippen molar-refractivity contribution in [3.8, 4) is 5.75 Å². The fourth-order valence-electron chi connectivity index (χ4n) is 1.92. The molecule has 0 aliphatic carbocycles. The largest absolute Gasteiger partial charge is 0.495 e. The highest BCUT2D eigenvalue weighted by Crippen LogP contribution is 2.24. The van der Waals surface area contributed by atoms with E-state index in [0.29, 0.717) is 17.0 Å². The normalized spacial score (nSPS) is 10.0. The molecule has 1 heterocycles. The number of methoxy groups -OCH3 is 1. The van der Waals surface area contributed by atoms with Crippen LogP contribution < -0.4 is 15.4 Å². The van der Waals surface area contributed by atoms with Crippen molar-refractivity contribution in [2.45, 2.75) is 6.92 Å². The second kappa shape index (κ2) is 7.60. The van der Waals surface area contributed by atoms with E-state index in [1.807, 2.05) is 13.0 Å². The molecule has 0 bridgehead atoms. The highest BCUT2D eigenvalue weighted by molar-refractivity contribution is 6.29. The molecule has 23 heavy (non-hydrogen) atoms. The summed E-state index contributed by atoms with van der Waals surface area (Å²) in [5.74, 6) is -0.209. The van der Waals surface area contributed by atoms with Gasteiger partial charge in [-0.3, -0.25) is 9.59 Å². The molecule has 0 saturated carbocycles. The molecule has 0 fully saturated rings. The van der Waals surface area contributed by atoms with Gasteiger partial charge in [0.1, 0.15) is 10.9 Å². The number of amides is 2. The van der Waals surface area contributed by atoms with Gasteiger partial charge in [-0.05, 0) is 36.8 Å². The first-order valence-electron chi connectivity index (χ1n) is 6.84. The summed E-state index contributed by atoms with van der Waals surface area (Å²) in [6.45, 7) is 1.74. The lowest BCUT2D eigenvalue weighted by Gasteiger charge is -2.11. The van der Waals surface area contributed by atoms with Crippen molar-refractivity contribution in [3.05, 3.63) is 52.8 Å². The standard InChI is InChI=1S/C16H16ClN3O3/c1-10-3-4-13(23-2)12(7-10)20-15(21)9-19-16(22)11-5-6-18-14(17)8-11/h3-8H,9H2,1-2H3,(H,19,22)(H,20,21).